The second-order valence-electron chi connectivity index (χ2n) is 6.11. The summed E-state index contributed by atoms with van der Waals surface area (Å²) >= 11 is 0. The van der Waals surface area contributed by atoms with E-state index in [1.165, 1.54) is 4.31 Å². The molecule has 2 heterocycles. The standard InChI is InChI=1S/C13H26N2O4S/c1-4-20(16,17)15-5-6-18-11-13(10-15)7-12(9-19-13)8-14(2)3/h12H,4-11H2,1-3H3/t12-,13+/m1/s1. The van der Waals surface area contributed by atoms with Crippen LogP contribution in [0, 0.1) is 5.92 Å². The highest BCUT2D eigenvalue weighted by atomic mass is 32.2. The third kappa shape index (κ3) is 3.71. The molecule has 0 bridgehead atoms. The Morgan fingerprint density at radius 3 is 2.80 bits per heavy atom. The first kappa shape index (κ1) is 16.2. The molecular formula is C13H26N2O4S. The Labute approximate surface area is 122 Å². The van der Waals surface area contributed by atoms with Crippen LogP contribution in [0.15, 0.2) is 0 Å². The van der Waals surface area contributed by atoms with E-state index in [0.29, 0.717) is 38.8 Å². The fourth-order valence-electron chi connectivity index (χ4n) is 3.07. The molecule has 20 heavy (non-hydrogen) atoms. The summed E-state index contributed by atoms with van der Waals surface area (Å²) in [5.41, 5.74) is -0.459. The highest BCUT2D eigenvalue weighted by Crippen LogP contribution is 2.33. The minimum atomic E-state index is -3.19. The van der Waals surface area contributed by atoms with E-state index < -0.39 is 15.6 Å². The molecule has 0 saturated carbocycles. The van der Waals surface area contributed by atoms with E-state index in [9.17, 15) is 8.42 Å². The molecule has 2 aliphatic rings. The van der Waals surface area contributed by atoms with Crippen LogP contribution < -0.4 is 0 Å². The zero-order valence-corrected chi connectivity index (χ0v) is 13.5. The number of hydrogen-bond acceptors (Lipinski definition) is 5. The summed E-state index contributed by atoms with van der Waals surface area (Å²) in [5, 5.41) is 0. The van der Waals surface area contributed by atoms with E-state index in [1.54, 1.807) is 6.92 Å². The highest BCUT2D eigenvalue weighted by Gasteiger charge is 2.45. The van der Waals surface area contributed by atoms with Crippen molar-refractivity contribution in [2.75, 3.05) is 59.3 Å². The summed E-state index contributed by atoms with van der Waals surface area (Å²) in [5.74, 6) is 0.572. The van der Waals surface area contributed by atoms with Crippen molar-refractivity contribution in [3.8, 4) is 0 Å². The van der Waals surface area contributed by atoms with Gasteiger partial charge in [0.05, 0.1) is 25.6 Å². The van der Waals surface area contributed by atoms with Gasteiger partial charge in [0, 0.05) is 19.6 Å². The van der Waals surface area contributed by atoms with Gasteiger partial charge in [0.25, 0.3) is 0 Å². The maximum atomic E-state index is 12.1. The minimum absolute atomic E-state index is 0.129. The lowest BCUT2D eigenvalue weighted by molar-refractivity contribution is -0.0512. The number of sulfonamides is 1. The molecule has 118 valence electrons. The smallest absolute Gasteiger partial charge is 0.214 e. The van der Waals surface area contributed by atoms with Gasteiger partial charge in [-0.15, -0.1) is 0 Å². The zero-order chi connectivity index (χ0) is 14.8. The predicted octanol–water partition coefficient (Wildman–Crippen LogP) is 0.00520. The molecule has 2 fully saturated rings. The number of hydrogen-bond donors (Lipinski definition) is 0. The molecule has 7 heteroatoms. The SMILES string of the molecule is CCS(=O)(=O)N1CCOC[C@]2(C[C@H](CN(C)C)CO2)C1. The second-order valence-corrected chi connectivity index (χ2v) is 8.37. The van der Waals surface area contributed by atoms with Crippen LogP contribution in [0.1, 0.15) is 13.3 Å². The van der Waals surface area contributed by atoms with Crippen molar-refractivity contribution >= 4 is 10.0 Å². The molecule has 0 aromatic heterocycles. The van der Waals surface area contributed by atoms with Gasteiger partial charge in [-0.25, -0.2) is 8.42 Å². The van der Waals surface area contributed by atoms with Crippen LogP contribution in [0.2, 0.25) is 0 Å². The minimum Gasteiger partial charge on any atom is -0.377 e. The zero-order valence-electron chi connectivity index (χ0n) is 12.7. The summed E-state index contributed by atoms with van der Waals surface area (Å²) < 4.78 is 37.4. The lowest BCUT2D eigenvalue weighted by atomic mass is 9.94. The molecule has 0 amide bonds. The van der Waals surface area contributed by atoms with E-state index in [1.807, 2.05) is 14.1 Å². The summed E-state index contributed by atoms with van der Waals surface area (Å²) in [7, 11) is 0.903. The highest BCUT2D eigenvalue weighted by molar-refractivity contribution is 7.89. The number of rotatable bonds is 4. The van der Waals surface area contributed by atoms with Gasteiger partial charge < -0.3 is 14.4 Å². The van der Waals surface area contributed by atoms with Crippen molar-refractivity contribution in [3.05, 3.63) is 0 Å². The molecule has 2 rings (SSSR count). The van der Waals surface area contributed by atoms with E-state index in [2.05, 4.69) is 4.90 Å². The fraction of sp³-hybridized carbons (Fsp3) is 1.00. The Hall–Kier alpha value is -0.210. The van der Waals surface area contributed by atoms with Gasteiger partial charge in [-0.05, 0) is 33.4 Å². The second kappa shape index (κ2) is 6.27. The van der Waals surface area contributed by atoms with Crippen LogP contribution in [0.5, 0.6) is 0 Å². The summed E-state index contributed by atoms with van der Waals surface area (Å²) in [6, 6.07) is 0. The summed E-state index contributed by atoms with van der Waals surface area (Å²) in [6.45, 7) is 5.12. The van der Waals surface area contributed by atoms with E-state index in [-0.39, 0.29) is 5.75 Å². The Balaban J connectivity index is 2.07. The molecule has 0 unspecified atom stereocenters. The number of nitrogens with zero attached hydrogens (tertiary/aromatic N) is 2. The van der Waals surface area contributed by atoms with Crippen molar-refractivity contribution in [1.29, 1.82) is 0 Å². The first-order chi connectivity index (χ1) is 9.37. The average molecular weight is 306 g/mol. The van der Waals surface area contributed by atoms with Crippen molar-refractivity contribution in [2.45, 2.75) is 18.9 Å². The molecule has 0 aromatic rings. The molecule has 0 aliphatic carbocycles. The van der Waals surface area contributed by atoms with Crippen LogP contribution in [0.3, 0.4) is 0 Å². The third-order valence-corrected chi connectivity index (χ3v) is 5.81. The van der Waals surface area contributed by atoms with E-state index in [4.69, 9.17) is 9.47 Å². The molecule has 6 nitrogen and oxygen atoms in total. The van der Waals surface area contributed by atoms with Gasteiger partial charge in [-0.2, -0.15) is 4.31 Å². The third-order valence-electron chi connectivity index (χ3n) is 3.98. The summed E-state index contributed by atoms with van der Waals surface area (Å²) in [6.07, 6.45) is 0.862. The average Bonchev–Trinajstić information content (AvgIpc) is 2.62. The van der Waals surface area contributed by atoms with Crippen LogP contribution in [0.25, 0.3) is 0 Å². The molecular weight excluding hydrogens is 280 g/mol. The first-order valence-electron chi connectivity index (χ1n) is 7.21. The Morgan fingerprint density at radius 2 is 2.15 bits per heavy atom. The molecule has 2 saturated heterocycles. The van der Waals surface area contributed by atoms with Gasteiger partial charge in [0.1, 0.15) is 5.60 Å². The van der Waals surface area contributed by atoms with Crippen LogP contribution in [-0.4, -0.2) is 82.5 Å². The topological polar surface area (TPSA) is 59.1 Å². The molecule has 2 atom stereocenters. The molecule has 0 aromatic carbocycles. The lowest BCUT2D eigenvalue weighted by Gasteiger charge is -2.30. The van der Waals surface area contributed by atoms with E-state index >= 15 is 0 Å². The Bertz CT molecular complexity index is 426. The van der Waals surface area contributed by atoms with Crippen LogP contribution in [0.4, 0.5) is 0 Å². The van der Waals surface area contributed by atoms with E-state index in [0.717, 1.165) is 13.0 Å². The number of ether oxygens (including phenoxy) is 2. The molecule has 0 N–H and O–H groups in total. The molecule has 2 aliphatic heterocycles. The van der Waals surface area contributed by atoms with Gasteiger partial charge in [0.15, 0.2) is 0 Å². The fourth-order valence-corrected chi connectivity index (χ4v) is 4.22. The lowest BCUT2D eigenvalue weighted by Crippen LogP contribution is -2.46. The molecule has 1 spiro atoms. The van der Waals surface area contributed by atoms with Crippen LogP contribution >= 0.6 is 0 Å². The molecule has 0 radical (unpaired) electrons. The Morgan fingerprint density at radius 1 is 1.40 bits per heavy atom. The van der Waals surface area contributed by atoms with Crippen molar-refractivity contribution in [2.24, 2.45) is 5.92 Å². The monoisotopic (exact) mass is 306 g/mol. The van der Waals surface area contributed by atoms with Gasteiger partial charge in [-0.3, -0.25) is 0 Å². The first-order valence-corrected chi connectivity index (χ1v) is 8.82. The van der Waals surface area contributed by atoms with Crippen LogP contribution in [-0.2, 0) is 19.5 Å². The quantitative estimate of drug-likeness (QED) is 0.732. The van der Waals surface area contributed by atoms with Crippen molar-refractivity contribution in [1.82, 2.24) is 9.21 Å². The van der Waals surface area contributed by atoms with Gasteiger partial charge in [-0.1, -0.05) is 0 Å². The maximum Gasteiger partial charge on any atom is 0.214 e. The van der Waals surface area contributed by atoms with Crippen molar-refractivity contribution in [3.63, 3.8) is 0 Å². The largest absolute Gasteiger partial charge is 0.377 e. The maximum absolute atomic E-state index is 12.1. The predicted molar refractivity (Wildman–Crippen MR) is 77.2 cm³/mol. The normalized spacial score (nSPS) is 32.9. The van der Waals surface area contributed by atoms with Crippen molar-refractivity contribution < 1.29 is 17.9 Å². The van der Waals surface area contributed by atoms with Gasteiger partial charge in [0.2, 0.25) is 10.0 Å². The Kier molecular flexibility index (Phi) is 5.07. The summed E-state index contributed by atoms with van der Waals surface area (Å²) in [4.78, 5) is 2.14. The van der Waals surface area contributed by atoms with Gasteiger partial charge >= 0.3 is 0 Å².